The van der Waals surface area contributed by atoms with Crippen LogP contribution >= 0.6 is 15.9 Å². The highest BCUT2D eigenvalue weighted by molar-refractivity contribution is 9.10. The average Bonchev–Trinajstić information content (AvgIpc) is 3.07. The van der Waals surface area contributed by atoms with Gasteiger partial charge < -0.3 is 10.1 Å². The maximum Gasteiger partial charge on any atom is 0.251 e. The Morgan fingerprint density at radius 2 is 1.78 bits per heavy atom. The van der Waals surface area contributed by atoms with Gasteiger partial charge in [-0.1, -0.05) is 37.1 Å². The number of ether oxygens (including phenoxy) is 1. The summed E-state index contributed by atoms with van der Waals surface area (Å²) in [7, 11) is 0. The van der Waals surface area contributed by atoms with Gasteiger partial charge in [0.25, 0.3) is 5.91 Å². The van der Waals surface area contributed by atoms with Gasteiger partial charge in [0.1, 0.15) is 12.4 Å². The number of para-hydroxylation sites is 1. The SMILES string of the molecule is O=C(NC1CCCC1)c1ccc(COc2ccccc2Br)cc1. The van der Waals surface area contributed by atoms with Gasteiger partial charge >= 0.3 is 0 Å². The first-order valence-electron chi connectivity index (χ1n) is 7.99. The van der Waals surface area contributed by atoms with Gasteiger partial charge in [-0.15, -0.1) is 0 Å². The van der Waals surface area contributed by atoms with Crippen LogP contribution < -0.4 is 10.1 Å². The highest BCUT2D eigenvalue weighted by Crippen LogP contribution is 2.24. The van der Waals surface area contributed by atoms with Crippen molar-refractivity contribution in [3.63, 3.8) is 0 Å². The van der Waals surface area contributed by atoms with Gasteiger partial charge in [-0.25, -0.2) is 0 Å². The van der Waals surface area contributed by atoms with E-state index >= 15 is 0 Å². The first-order chi connectivity index (χ1) is 11.2. The molecule has 0 aromatic heterocycles. The molecular weight excluding hydrogens is 354 g/mol. The highest BCUT2D eigenvalue weighted by atomic mass is 79.9. The maximum atomic E-state index is 12.2. The zero-order valence-corrected chi connectivity index (χ0v) is 14.5. The first-order valence-corrected chi connectivity index (χ1v) is 8.79. The predicted molar refractivity (Wildman–Crippen MR) is 94.6 cm³/mol. The Bertz CT molecular complexity index is 663. The number of carbonyl (C=O) groups excluding carboxylic acids is 1. The summed E-state index contributed by atoms with van der Waals surface area (Å²) in [6.45, 7) is 0.479. The van der Waals surface area contributed by atoms with E-state index in [1.807, 2.05) is 48.5 Å². The van der Waals surface area contributed by atoms with E-state index in [1.54, 1.807) is 0 Å². The first kappa shape index (κ1) is 16.1. The molecule has 0 heterocycles. The van der Waals surface area contributed by atoms with Gasteiger partial charge in [-0.3, -0.25) is 4.79 Å². The lowest BCUT2D eigenvalue weighted by Gasteiger charge is -2.12. The largest absolute Gasteiger partial charge is 0.488 e. The van der Waals surface area contributed by atoms with Gasteiger partial charge in [-0.05, 0) is 58.6 Å². The molecule has 1 N–H and O–H groups in total. The molecule has 120 valence electrons. The molecule has 1 aliphatic carbocycles. The zero-order chi connectivity index (χ0) is 16.1. The highest BCUT2D eigenvalue weighted by Gasteiger charge is 2.17. The topological polar surface area (TPSA) is 38.3 Å². The fourth-order valence-corrected chi connectivity index (χ4v) is 3.21. The Balaban J connectivity index is 1.56. The molecule has 1 saturated carbocycles. The number of hydrogen-bond donors (Lipinski definition) is 1. The fraction of sp³-hybridized carbons (Fsp3) is 0.316. The minimum Gasteiger partial charge on any atom is -0.488 e. The summed E-state index contributed by atoms with van der Waals surface area (Å²) >= 11 is 3.46. The Morgan fingerprint density at radius 1 is 1.09 bits per heavy atom. The molecule has 0 saturated heterocycles. The van der Waals surface area contributed by atoms with Crippen LogP contribution in [0.1, 0.15) is 41.6 Å². The summed E-state index contributed by atoms with van der Waals surface area (Å²) in [5.41, 5.74) is 1.75. The number of nitrogens with one attached hydrogen (secondary N) is 1. The lowest BCUT2D eigenvalue weighted by Crippen LogP contribution is -2.32. The average molecular weight is 374 g/mol. The van der Waals surface area contributed by atoms with E-state index in [2.05, 4.69) is 21.2 Å². The summed E-state index contributed by atoms with van der Waals surface area (Å²) in [6, 6.07) is 15.7. The van der Waals surface area contributed by atoms with Crippen LogP contribution in [0.2, 0.25) is 0 Å². The molecule has 0 bridgehead atoms. The maximum absolute atomic E-state index is 12.2. The number of carbonyl (C=O) groups is 1. The minimum atomic E-state index is 0.0233. The lowest BCUT2D eigenvalue weighted by atomic mass is 10.1. The molecule has 1 aliphatic rings. The van der Waals surface area contributed by atoms with Gasteiger partial charge in [0, 0.05) is 11.6 Å². The number of halogens is 1. The van der Waals surface area contributed by atoms with Crippen molar-refractivity contribution >= 4 is 21.8 Å². The normalized spacial score (nSPS) is 14.7. The van der Waals surface area contributed by atoms with Gasteiger partial charge in [0.15, 0.2) is 0 Å². The van der Waals surface area contributed by atoms with Gasteiger partial charge in [-0.2, -0.15) is 0 Å². The van der Waals surface area contributed by atoms with E-state index in [0.717, 1.165) is 28.6 Å². The summed E-state index contributed by atoms with van der Waals surface area (Å²) < 4.78 is 6.72. The Labute approximate surface area is 145 Å². The molecule has 0 atom stereocenters. The number of amides is 1. The second-order valence-electron chi connectivity index (χ2n) is 5.87. The third-order valence-corrected chi connectivity index (χ3v) is 4.79. The molecule has 3 nitrogen and oxygen atoms in total. The van der Waals surface area contributed by atoms with Crippen molar-refractivity contribution in [1.82, 2.24) is 5.32 Å². The summed E-state index contributed by atoms with van der Waals surface area (Å²) in [6.07, 6.45) is 4.64. The molecule has 23 heavy (non-hydrogen) atoms. The van der Waals surface area contributed by atoms with Crippen LogP contribution in [0.15, 0.2) is 53.0 Å². The second-order valence-corrected chi connectivity index (χ2v) is 6.73. The predicted octanol–water partition coefficient (Wildman–Crippen LogP) is 4.70. The van der Waals surface area contributed by atoms with Crippen molar-refractivity contribution in [2.75, 3.05) is 0 Å². The second kappa shape index (κ2) is 7.64. The smallest absolute Gasteiger partial charge is 0.251 e. The van der Waals surface area contributed by atoms with Crippen molar-refractivity contribution in [1.29, 1.82) is 0 Å². The quantitative estimate of drug-likeness (QED) is 0.824. The van der Waals surface area contributed by atoms with Gasteiger partial charge in [0.2, 0.25) is 0 Å². The van der Waals surface area contributed by atoms with Crippen LogP contribution in [0, 0.1) is 0 Å². The van der Waals surface area contributed by atoms with Crippen LogP contribution in [0.4, 0.5) is 0 Å². The van der Waals surface area contributed by atoms with E-state index in [1.165, 1.54) is 12.8 Å². The Morgan fingerprint density at radius 3 is 2.48 bits per heavy atom. The van der Waals surface area contributed by atoms with Crippen molar-refractivity contribution in [3.8, 4) is 5.75 Å². The fourth-order valence-electron chi connectivity index (χ4n) is 2.81. The molecule has 0 spiro atoms. The molecule has 3 rings (SSSR count). The van der Waals surface area contributed by atoms with Crippen LogP contribution in [0.5, 0.6) is 5.75 Å². The monoisotopic (exact) mass is 373 g/mol. The molecular formula is C19H20BrNO2. The van der Waals surface area contributed by atoms with E-state index in [4.69, 9.17) is 4.74 Å². The molecule has 2 aromatic rings. The van der Waals surface area contributed by atoms with E-state index in [-0.39, 0.29) is 5.91 Å². The lowest BCUT2D eigenvalue weighted by molar-refractivity contribution is 0.0938. The molecule has 1 amide bonds. The number of rotatable bonds is 5. The van der Waals surface area contributed by atoms with Crippen LogP contribution in [0.25, 0.3) is 0 Å². The van der Waals surface area contributed by atoms with Crippen LogP contribution in [-0.2, 0) is 6.61 Å². The van der Waals surface area contributed by atoms with Crippen molar-refractivity contribution in [2.45, 2.75) is 38.3 Å². The van der Waals surface area contributed by atoms with Crippen molar-refractivity contribution in [3.05, 3.63) is 64.1 Å². The number of benzene rings is 2. The number of hydrogen-bond acceptors (Lipinski definition) is 2. The zero-order valence-electron chi connectivity index (χ0n) is 12.9. The van der Waals surface area contributed by atoms with Crippen molar-refractivity contribution < 1.29 is 9.53 Å². The van der Waals surface area contributed by atoms with E-state index in [0.29, 0.717) is 18.2 Å². The molecule has 4 heteroatoms. The van der Waals surface area contributed by atoms with E-state index < -0.39 is 0 Å². The molecule has 0 aliphatic heterocycles. The van der Waals surface area contributed by atoms with Crippen LogP contribution in [-0.4, -0.2) is 11.9 Å². The minimum absolute atomic E-state index is 0.0233. The summed E-state index contributed by atoms with van der Waals surface area (Å²) in [5.74, 6) is 0.839. The van der Waals surface area contributed by atoms with Crippen molar-refractivity contribution in [2.24, 2.45) is 0 Å². The summed E-state index contributed by atoms with van der Waals surface area (Å²) in [5, 5.41) is 3.10. The summed E-state index contributed by atoms with van der Waals surface area (Å²) in [4.78, 5) is 12.2. The molecule has 0 radical (unpaired) electrons. The molecule has 0 unspecified atom stereocenters. The Kier molecular flexibility index (Phi) is 5.34. The third-order valence-electron chi connectivity index (χ3n) is 4.14. The molecule has 1 fully saturated rings. The van der Waals surface area contributed by atoms with E-state index in [9.17, 15) is 4.79 Å². The molecule has 2 aromatic carbocycles. The standard InChI is InChI=1S/C19H20BrNO2/c20-17-7-3-4-8-18(17)23-13-14-9-11-15(12-10-14)19(22)21-16-5-1-2-6-16/h3-4,7-12,16H,1-2,5-6,13H2,(H,21,22). The van der Waals surface area contributed by atoms with Crippen LogP contribution in [0.3, 0.4) is 0 Å². The third kappa shape index (κ3) is 4.35. The Hall–Kier alpha value is -1.81. The van der Waals surface area contributed by atoms with Gasteiger partial charge in [0.05, 0.1) is 4.47 Å².